The maximum atomic E-state index is 11.8. The summed E-state index contributed by atoms with van der Waals surface area (Å²) in [6.45, 7) is 3.47. The van der Waals surface area contributed by atoms with Crippen molar-refractivity contribution in [3.8, 4) is 22.6 Å². The molecular formula is C24H26N2O3. The summed E-state index contributed by atoms with van der Waals surface area (Å²) in [5.41, 5.74) is 3.10. The predicted molar refractivity (Wildman–Crippen MR) is 114 cm³/mol. The van der Waals surface area contributed by atoms with Gasteiger partial charge in [0.1, 0.15) is 17.6 Å². The first kappa shape index (κ1) is 19.2. The molecule has 29 heavy (non-hydrogen) atoms. The van der Waals surface area contributed by atoms with Gasteiger partial charge in [-0.3, -0.25) is 9.78 Å². The van der Waals surface area contributed by atoms with Crippen LogP contribution in [0.2, 0.25) is 0 Å². The first-order chi connectivity index (χ1) is 14.2. The molecule has 0 spiro atoms. The highest BCUT2D eigenvalue weighted by molar-refractivity contribution is 5.84. The molecular weight excluding hydrogens is 364 g/mol. The third-order valence-corrected chi connectivity index (χ3v) is 5.48. The van der Waals surface area contributed by atoms with Gasteiger partial charge >= 0.3 is 0 Å². The average molecular weight is 390 g/mol. The van der Waals surface area contributed by atoms with Gasteiger partial charge in [-0.25, -0.2) is 0 Å². The Morgan fingerprint density at radius 3 is 2.45 bits per heavy atom. The van der Waals surface area contributed by atoms with Gasteiger partial charge in [-0.05, 0) is 42.0 Å². The number of aromatic nitrogens is 1. The Morgan fingerprint density at radius 1 is 1.03 bits per heavy atom. The molecule has 0 saturated carbocycles. The van der Waals surface area contributed by atoms with E-state index >= 15 is 0 Å². The molecule has 150 valence electrons. The summed E-state index contributed by atoms with van der Waals surface area (Å²) in [6, 6.07) is 16.2. The van der Waals surface area contributed by atoms with E-state index in [1.165, 1.54) is 0 Å². The number of carbonyl (C=O) groups excluding carboxylic acids is 1. The number of ether oxygens (including phenoxy) is 2. The maximum absolute atomic E-state index is 11.8. The van der Waals surface area contributed by atoms with E-state index in [0.29, 0.717) is 6.42 Å². The number of piperidine rings is 1. The van der Waals surface area contributed by atoms with E-state index in [1.807, 2.05) is 48.4 Å². The molecule has 0 bridgehead atoms. The van der Waals surface area contributed by atoms with Crippen molar-refractivity contribution in [1.29, 1.82) is 0 Å². The van der Waals surface area contributed by atoms with Gasteiger partial charge in [0.15, 0.2) is 0 Å². The number of fused-ring (bicyclic) bond motifs is 1. The highest BCUT2D eigenvalue weighted by Crippen LogP contribution is 2.27. The Hall–Kier alpha value is -3.08. The molecule has 1 aliphatic rings. The molecule has 3 aromatic rings. The molecule has 0 N–H and O–H groups in total. The van der Waals surface area contributed by atoms with Crippen LogP contribution >= 0.6 is 0 Å². The lowest BCUT2D eigenvalue weighted by Crippen LogP contribution is -2.41. The van der Waals surface area contributed by atoms with E-state index in [4.69, 9.17) is 9.47 Å². The van der Waals surface area contributed by atoms with Gasteiger partial charge in [0.05, 0.1) is 12.6 Å². The van der Waals surface area contributed by atoms with Gasteiger partial charge in [0.2, 0.25) is 5.91 Å². The average Bonchev–Trinajstić information content (AvgIpc) is 2.78. The molecule has 0 unspecified atom stereocenters. The maximum Gasteiger partial charge on any atom is 0.222 e. The van der Waals surface area contributed by atoms with Crippen molar-refractivity contribution in [1.82, 2.24) is 9.88 Å². The number of pyridine rings is 1. The first-order valence-electron chi connectivity index (χ1n) is 10.1. The molecule has 4 rings (SSSR count). The Labute approximate surface area is 171 Å². The molecule has 1 amide bonds. The van der Waals surface area contributed by atoms with Crippen LogP contribution in [0.4, 0.5) is 0 Å². The Balaban J connectivity index is 1.43. The van der Waals surface area contributed by atoms with Gasteiger partial charge in [0.25, 0.3) is 0 Å². The topological polar surface area (TPSA) is 51.7 Å². The fourth-order valence-electron chi connectivity index (χ4n) is 3.76. The van der Waals surface area contributed by atoms with Crippen LogP contribution in [0.3, 0.4) is 0 Å². The quantitative estimate of drug-likeness (QED) is 0.634. The van der Waals surface area contributed by atoms with Crippen LogP contribution in [0.5, 0.6) is 11.5 Å². The van der Waals surface area contributed by atoms with E-state index in [0.717, 1.165) is 59.5 Å². The zero-order chi connectivity index (χ0) is 20.2. The number of benzene rings is 2. The standard InChI is InChI=1S/C24H26N2O3/c1-3-24(27)26-12-10-21(11-13-26)29-20-6-4-17(5-7-20)19-14-18-15-22(28-2)8-9-23(18)25-16-19/h4-9,14-16,21H,3,10-13H2,1-2H3. The molecule has 5 nitrogen and oxygen atoms in total. The highest BCUT2D eigenvalue weighted by Gasteiger charge is 2.22. The molecule has 2 aromatic carbocycles. The zero-order valence-corrected chi connectivity index (χ0v) is 16.9. The molecule has 1 fully saturated rings. The fraction of sp³-hybridized carbons (Fsp3) is 0.333. The Kier molecular flexibility index (Phi) is 5.65. The molecule has 1 aromatic heterocycles. The van der Waals surface area contributed by atoms with Crippen LogP contribution in [0.1, 0.15) is 26.2 Å². The summed E-state index contributed by atoms with van der Waals surface area (Å²) in [4.78, 5) is 18.3. The number of rotatable bonds is 5. The van der Waals surface area contributed by atoms with E-state index in [9.17, 15) is 4.79 Å². The van der Waals surface area contributed by atoms with Crippen LogP contribution < -0.4 is 9.47 Å². The Morgan fingerprint density at radius 2 is 1.76 bits per heavy atom. The molecule has 1 saturated heterocycles. The summed E-state index contributed by atoms with van der Waals surface area (Å²) >= 11 is 0. The second-order valence-corrected chi connectivity index (χ2v) is 7.36. The molecule has 2 heterocycles. The second-order valence-electron chi connectivity index (χ2n) is 7.36. The largest absolute Gasteiger partial charge is 0.497 e. The lowest BCUT2D eigenvalue weighted by molar-refractivity contribution is -0.132. The van der Waals surface area contributed by atoms with Crippen molar-refractivity contribution >= 4 is 16.8 Å². The molecule has 5 heteroatoms. The van der Waals surface area contributed by atoms with Gasteiger partial charge < -0.3 is 14.4 Å². The van der Waals surface area contributed by atoms with Crippen molar-refractivity contribution in [2.45, 2.75) is 32.3 Å². The molecule has 0 aliphatic carbocycles. The fourth-order valence-corrected chi connectivity index (χ4v) is 3.76. The van der Waals surface area contributed by atoms with Gasteiger partial charge in [-0.2, -0.15) is 0 Å². The van der Waals surface area contributed by atoms with Crippen molar-refractivity contribution in [2.24, 2.45) is 0 Å². The van der Waals surface area contributed by atoms with Crippen molar-refractivity contribution in [3.63, 3.8) is 0 Å². The minimum atomic E-state index is 0.163. The lowest BCUT2D eigenvalue weighted by Gasteiger charge is -2.32. The predicted octanol–water partition coefficient (Wildman–Crippen LogP) is 4.69. The molecule has 1 aliphatic heterocycles. The number of amides is 1. The zero-order valence-electron chi connectivity index (χ0n) is 16.9. The van der Waals surface area contributed by atoms with E-state index in [2.05, 4.69) is 23.2 Å². The summed E-state index contributed by atoms with van der Waals surface area (Å²) < 4.78 is 11.5. The lowest BCUT2D eigenvalue weighted by atomic mass is 10.0. The van der Waals surface area contributed by atoms with Crippen molar-refractivity contribution in [3.05, 3.63) is 54.7 Å². The van der Waals surface area contributed by atoms with E-state index in [-0.39, 0.29) is 12.0 Å². The van der Waals surface area contributed by atoms with Gasteiger partial charge in [-0.1, -0.05) is 19.1 Å². The SMILES string of the molecule is CCC(=O)N1CCC(Oc2ccc(-c3cnc4ccc(OC)cc4c3)cc2)CC1. The van der Waals surface area contributed by atoms with Crippen LogP contribution in [0, 0.1) is 0 Å². The number of hydrogen-bond acceptors (Lipinski definition) is 4. The third-order valence-electron chi connectivity index (χ3n) is 5.48. The van der Waals surface area contributed by atoms with Gasteiger partial charge in [-0.15, -0.1) is 0 Å². The minimum absolute atomic E-state index is 0.163. The smallest absolute Gasteiger partial charge is 0.222 e. The minimum Gasteiger partial charge on any atom is -0.497 e. The van der Waals surface area contributed by atoms with Crippen molar-refractivity contribution in [2.75, 3.05) is 20.2 Å². The summed E-state index contributed by atoms with van der Waals surface area (Å²) in [5, 5.41) is 1.05. The molecule has 0 atom stereocenters. The summed E-state index contributed by atoms with van der Waals surface area (Å²) in [5.74, 6) is 1.92. The number of methoxy groups -OCH3 is 1. The number of hydrogen-bond donors (Lipinski definition) is 0. The summed E-state index contributed by atoms with van der Waals surface area (Å²) in [6.07, 6.45) is 4.39. The van der Waals surface area contributed by atoms with Gasteiger partial charge in [0, 0.05) is 49.5 Å². The van der Waals surface area contributed by atoms with Crippen LogP contribution in [0.15, 0.2) is 54.7 Å². The third kappa shape index (κ3) is 4.34. The van der Waals surface area contributed by atoms with E-state index < -0.39 is 0 Å². The highest BCUT2D eigenvalue weighted by atomic mass is 16.5. The van der Waals surface area contributed by atoms with E-state index in [1.54, 1.807) is 7.11 Å². The summed E-state index contributed by atoms with van der Waals surface area (Å²) in [7, 11) is 1.67. The number of nitrogens with zero attached hydrogens (tertiary/aromatic N) is 2. The number of carbonyl (C=O) groups is 1. The van der Waals surface area contributed by atoms with Crippen molar-refractivity contribution < 1.29 is 14.3 Å². The van der Waals surface area contributed by atoms with Crippen LogP contribution in [-0.2, 0) is 4.79 Å². The van der Waals surface area contributed by atoms with Crippen LogP contribution in [0.25, 0.3) is 22.0 Å². The van der Waals surface area contributed by atoms with Crippen LogP contribution in [-0.4, -0.2) is 42.1 Å². The monoisotopic (exact) mass is 390 g/mol. The molecule has 0 radical (unpaired) electrons. The number of likely N-dealkylation sites (tertiary alicyclic amines) is 1. The normalized spacial score (nSPS) is 14.8. The Bertz CT molecular complexity index is 993. The second kappa shape index (κ2) is 8.52. The first-order valence-corrected chi connectivity index (χ1v) is 10.1.